The van der Waals surface area contributed by atoms with Crippen LogP contribution in [0.1, 0.15) is 51.3 Å². The SMILES string of the molecule is CC(=O)Cc1cccc(C=C(CNC(=O)OCc2ccccc2)B2OC(C)(C)C(C)(C)O2)c1. The Morgan fingerprint density at radius 1 is 0.970 bits per heavy atom. The number of ether oxygens (including phenoxy) is 1. The number of hydrogen-bond acceptors (Lipinski definition) is 5. The Balaban J connectivity index is 1.75. The molecular weight excluding hydrogens is 417 g/mol. The fourth-order valence-corrected chi connectivity index (χ4v) is 3.44. The lowest BCUT2D eigenvalue weighted by Crippen LogP contribution is -2.41. The Kier molecular flexibility index (Phi) is 7.77. The van der Waals surface area contributed by atoms with Crippen LogP contribution in [0.25, 0.3) is 6.08 Å². The molecule has 1 saturated heterocycles. The van der Waals surface area contributed by atoms with Crippen molar-refractivity contribution in [3.8, 4) is 0 Å². The second-order valence-electron chi connectivity index (χ2n) is 9.35. The van der Waals surface area contributed by atoms with Gasteiger partial charge in [0.25, 0.3) is 0 Å². The van der Waals surface area contributed by atoms with Crippen molar-refractivity contribution < 1.29 is 23.6 Å². The van der Waals surface area contributed by atoms with Gasteiger partial charge in [-0.1, -0.05) is 60.7 Å². The number of ketones is 1. The van der Waals surface area contributed by atoms with Crippen LogP contribution in [0, 0.1) is 0 Å². The second kappa shape index (κ2) is 10.4. The van der Waals surface area contributed by atoms with Crippen molar-refractivity contribution in [1.29, 1.82) is 0 Å². The lowest BCUT2D eigenvalue weighted by molar-refractivity contribution is -0.116. The van der Waals surface area contributed by atoms with E-state index in [9.17, 15) is 9.59 Å². The molecule has 0 radical (unpaired) electrons. The van der Waals surface area contributed by atoms with E-state index >= 15 is 0 Å². The van der Waals surface area contributed by atoms with Crippen molar-refractivity contribution in [2.45, 2.75) is 58.8 Å². The van der Waals surface area contributed by atoms with Crippen molar-refractivity contribution in [1.82, 2.24) is 5.32 Å². The van der Waals surface area contributed by atoms with Gasteiger partial charge >= 0.3 is 13.2 Å². The lowest BCUT2D eigenvalue weighted by Gasteiger charge is -2.32. The van der Waals surface area contributed by atoms with Crippen LogP contribution in [0.15, 0.2) is 60.1 Å². The second-order valence-corrected chi connectivity index (χ2v) is 9.35. The number of hydrogen-bond donors (Lipinski definition) is 1. The minimum atomic E-state index is -0.624. The average molecular weight is 449 g/mol. The fraction of sp³-hybridized carbons (Fsp3) is 0.385. The van der Waals surface area contributed by atoms with E-state index in [0.29, 0.717) is 6.42 Å². The van der Waals surface area contributed by atoms with Gasteiger partial charge in [0.15, 0.2) is 0 Å². The zero-order valence-electron chi connectivity index (χ0n) is 20.0. The molecule has 0 aromatic heterocycles. The fourth-order valence-electron chi connectivity index (χ4n) is 3.44. The maximum Gasteiger partial charge on any atom is 0.492 e. The summed E-state index contributed by atoms with van der Waals surface area (Å²) >= 11 is 0. The quantitative estimate of drug-likeness (QED) is 0.589. The molecule has 6 nitrogen and oxygen atoms in total. The minimum Gasteiger partial charge on any atom is -0.445 e. The van der Waals surface area contributed by atoms with E-state index in [1.165, 1.54) is 0 Å². The summed E-state index contributed by atoms with van der Waals surface area (Å²) in [5.74, 6) is 0.102. The van der Waals surface area contributed by atoms with Gasteiger partial charge in [-0.2, -0.15) is 0 Å². The highest BCUT2D eigenvalue weighted by Gasteiger charge is 2.52. The first-order chi connectivity index (χ1) is 15.6. The monoisotopic (exact) mass is 449 g/mol. The number of Topliss-reactive ketones (excluding diaryl/α,β-unsaturated/α-hetero) is 1. The molecule has 174 valence electrons. The molecule has 33 heavy (non-hydrogen) atoms. The highest BCUT2D eigenvalue weighted by atomic mass is 16.7. The number of rotatable bonds is 8. The molecule has 0 unspecified atom stereocenters. The van der Waals surface area contributed by atoms with Crippen LogP contribution in [-0.2, 0) is 31.9 Å². The third-order valence-corrected chi connectivity index (χ3v) is 5.96. The molecule has 0 atom stereocenters. The van der Waals surface area contributed by atoms with Crippen molar-refractivity contribution in [3.63, 3.8) is 0 Å². The molecule has 1 aliphatic rings. The zero-order valence-corrected chi connectivity index (χ0v) is 20.0. The van der Waals surface area contributed by atoms with Crippen LogP contribution >= 0.6 is 0 Å². The molecule has 2 aromatic rings. The molecule has 1 fully saturated rings. The Hall–Kier alpha value is -2.90. The highest BCUT2D eigenvalue weighted by Crippen LogP contribution is 2.38. The molecule has 0 saturated carbocycles. The largest absolute Gasteiger partial charge is 0.492 e. The summed E-state index contributed by atoms with van der Waals surface area (Å²) in [4.78, 5) is 23.9. The molecule has 1 amide bonds. The van der Waals surface area contributed by atoms with Gasteiger partial charge in [-0.15, -0.1) is 0 Å². The van der Waals surface area contributed by atoms with Crippen molar-refractivity contribution in [2.75, 3.05) is 6.54 Å². The summed E-state index contributed by atoms with van der Waals surface area (Å²) in [6, 6.07) is 17.2. The molecular formula is C26H32BNO5. The first-order valence-corrected chi connectivity index (χ1v) is 11.1. The van der Waals surface area contributed by atoms with Crippen LogP contribution in [0.5, 0.6) is 0 Å². The van der Waals surface area contributed by atoms with Gasteiger partial charge in [0.1, 0.15) is 12.4 Å². The van der Waals surface area contributed by atoms with E-state index in [1.54, 1.807) is 6.92 Å². The van der Waals surface area contributed by atoms with Crippen LogP contribution < -0.4 is 5.32 Å². The van der Waals surface area contributed by atoms with E-state index in [2.05, 4.69) is 5.32 Å². The van der Waals surface area contributed by atoms with E-state index in [4.69, 9.17) is 14.0 Å². The van der Waals surface area contributed by atoms with E-state index < -0.39 is 24.4 Å². The van der Waals surface area contributed by atoms with Crippen LogP contribution in [0.2, 0.25) is 0 Å². The predicted molar refractivity (Wildman–Crippen MR) is 130 cm³/mol. The first-order valence-electron chi connectivity index (χ1n) is 11.1. The van der Waals surface area contributed by atoms with Gasteiger partial charge in [-0.25, -0.2) is 4.79 Å². The summed E-state index contributed by atoms with van der Waals surface area (Å²) in [5.41, 5.74) is 2.47. The van der Waals surface area contributed by atoms with Crippen molar-refractivity contribution >= 4 is 25.1 Å². The van der Waals surface area contributed by atoms with E-state index in [1.807, 2.05) is 88.4 Å². The van der Waals surface area contributed by atoms with Gasteiger partial charge in [-0.05, 0) is 56.8 Å². The molecule has 1 N–H and O–H groups in total. The Morgan fingerprint density at radius 3 is 2.24 bits per heavy atom. The van der Waals surface area contributed by atoms with Crippen LogP contribution in [-0.4, -0.2) is 36.7 Å². The molecule has 3 rings (SSSR count). The highest BCUT2D eigenvalue weighted by molar-refractivity contribution is 6.56. The normalized spacial score (nSPS) is 17.0. The van der Waals surface area contributed by atoms with Crippen molar-refractivity contribution in [3.05, 3.63) is 76.8 Å². The summed E-state index contributed by atoms with van der Waals surface area (Å²) in [6.07, 6.45) is 1.78. The van der Waals surface area contributed by atoms with E-state index in [0.717, 1.165) is 22.2 Å². The number of carbonyl (C=O) groups is 2. The van der Waals surface area contributed by atoms with Gasteiger partial charge in [0.2, 0.25) is 0 Å². The minimum absolute atomic E-state index is 0.102. The smallest absolute Gasteiger partial charge is 0.445 e. The third-order valence-electron chi connectivity index (χ3n) is 5.96. The molecule has 1 heterocycles. The lowest BCUT2D eigenvalue weighted by atomic mass is 9.77. The van der Waals surface area contributed by atoms with Gasteiger partial charge in [0.05, 0.1) is 11.2 Å². The molecule has 0 spiro atoms. The van der Waals surface area contributed by atoms with Gasteiger partial charge in [-0.3, -0.25) is 4.79 Å². The maximum absolute atomic E-state index is 12.3. The Bertz CT molecular complexity index is 1000. The number of benzene rings is 2. The summed E-state index contributed by atoms with van der Waals surface area (Å²) in [5, 5.41) is 2.81. The zero-order chi connectivity index (χ0) is 24.1. The van der Waals surface area contributed by atoms with Gasteiger partial charge in [0, 0.05) is 13.0 Å². The maximum atomic E-state index is 12.3. The first kappa shape index (κ1) is 24.7. The number of amides is 1. The van der Waals surface area contributed by atoms with Crippen LogP contribution in [0.3, 0.4) is 0 Å². The third kappa shape index (κ3) is 6.79. The number of nitrogens with one attached hydrogen (secondary N) is 1. The van der Waals surface area contributed by atoms with Crippen LogP contribution in [0.4, 0.5) is 4.79 Å². The average Bonchev–Trinajstić information content (AvgIpc) is 2.97. The van der Waals surface area contributed by atoms with Crippen molar-refractivity contribution in [2.24, 2.45) is 0 Å². The molecule has 0 aliphatic carbocycles. The summed E-state index contributed by atoms with van der Waals surface area (Å²) < 4.78 is 17.8. The van der Waals surface area contributed by atoms with Gasteiger partial charge < -0.3 is 19.4 Å². The number of carbonyl (C=O) groups excluding carboxylic acids is 2. The molecule has 0 bridgehead atoms. The number of alkyl carbamates (subject to hydrolysis) is 1. The predicted octanol–water partition coefficient (Wildman–Crippen LogP) is 4.76. The Labute approximate surface area is 196 Å². The Morgan fingerprint density at radius 2 is 1.61 bits per heavy atom. The molecule has 7 heteroatoms. The summed E-state index contributed by atoms with van der Waals surface area (Å²) in [7, 11) is -0.624. The topological polar surface area (TPSA) is 73.9 Å². The molecule has 1 aliphatic heterocycles. The summed E-state index contributed by atoms with van der Waals surface area (Å²) in [6.45, 7) is 9.90. The molecule has 2 aromatic carbocycles. The standard InChI is InChI=1S/C26H32BNO5/c1-19(29)14-21-12-9-13-22(15-21)16-23(27-32-25(2,3)26(4,5)33-27)17-28-24(30)31-18-20-10-7-6-8-11-20/h6-13,15-16H,14,17-18H2,1-5H3,(H,28,30). The van der Waals surface area contributed by atoms with E-state index in [-0.39, 0.29) is 18.9 Å².